The first-order chi connectivity index (χ1) is 6.75. The summed E-state index contributed by atoms with van der Waals surface area (Å²) in [5.74, 6) is 0.834. The second-order valence-corrected chi connectivity index (χ2v) is 4.25. The van der Waals surface area contributed by atoms with Crippen molar-refractivity contribution in [1.29, 1.82) is 0 Å². The molecule has 0 aromatic carbocycles. The number of aromatic nitrogens is 4. The molecule has 0 aliphatic heterocycles. The van der Waals surface area contributed by atoms with Crippen molar-refractivity contribution < 1.29 is 9.90 Å². The van der Waals surface area contributed by atoms with Gasteiger partial charge in [-0.1, -0.05) is 11.8 Å². The zero-order chi connectivity index (χ0) is 9.97. The average molecular weight is 214 g/mol. The number of thioether (sulfide) groups is 1. The lowest BCUT2D eigenvalue weighted by molar-refractivity contribution is -0.138. The number of tetrazole rings is 1. The minimum atomic E-state index is -0.925. The van der Waals surface area contributed by atoms with Crippen molar-refractivity contribution >= 4 is 17.7 Å². The molecule has 0 spiro atoms. The molecule has 0 bridgehead atoms. The molecule has 1 aliphatic rings. The third-order valence-electron chi connectivity index (χ3n) is 1.93. The Balaban J connectivity index is 1.93. The topological polar surface area (TPSA) is 80.9 Å². The molecule has 0 atom stereocenters. The molecular formula is C7H10N4O2S. The fourth-order valence-corrected chi connectivity index (χ4v) is 2.07. The van der Waals surface area contributed by atoms with Crippen LogP contribution in [0.15, 0.2) is 5.16 Å². The van der Waals surface area contributed by atoms with E-state index in [2.05, 4.69) is 15.5 Å². The molecule has 0 radical (unpaired) electrons. The van der Waals surface area contributed by atoms with Gasteiger partial charge in [0.1, 0.15) is 6.54 Å². The van der Waals surface area contributed by atoms with Crippen molar-refractivity contribution in [1.82, 2.24) is 20.2 Å². The number of carbonyl (C=O) groups is 1. The van der Waals surface area contributed by atoms with Crippen LogP contribution < -0.4 is 0 Å². The summed E-state index contributed by atoms with van der Waals surface area (Å²) in [5.41, 5.74) is 0. The summed E-state index contributed by atoms with van der Waals surface area (Å²) in [6, 6.07) is 0. The fourth-order valence-electron chi connectivity index (χ4n) is 1.00. The third-order valence-corrected chi connectivity index (χ3v) is 3.12. The molecule has 0 unspecified atom stereocenters. The fraction of sp³-hybridized carbons (Fsp3) is 0.714. The van der Waals surface area contributed by atoms with E-state index in [0.29, 0.717) is 5.16 Å². The highest BCUT2D eigenvalue weighted by Crippen LogP contribution is 2.34. The van der Waals surface area contributed by atoms with Gasteiger partial charge in [-0.2, -0.15) is 0 Å². The van der Waals surface area contributed by atoms with Crippen molar-refractivity contribution in [3.05, 3.63) is 0 Å². The second kappa shape index (κ2) is 3.95. The third kappa shape index (κ3) is 2.44. The molecule has 0 saturated heterocycles. The summed E-state index contributed by atoms with van der Waals surface area (Å²) < 4.78 is 1.31. The van der Waals surface area contributed by atoms with Gasteiger partial charge in [0.25, 0.3) is 0 Å². The second-order valence-electron chi connectivity index (χ2n) is 3.27. The maximum Gasteiger partial charge on any atom is 0.325 e. The van der Waals surface area contributed by atoms with Gasteiger partial charge in [-0.25, -0.2) is 4.68 Å². The standard InChI is InChI=1S/C7H10N4O2S/c12-6(13)3-11-7(8-9-10-11)14-4-5-1-2-5/h5H,1-4H2,(H,12,13). The highest BCUT2D eigenvalue weighted by molar-refractivity contribution is 7.99. The van der Waals surface area contributed by atoms with Crippen molar-refractivity contribution in [3.8, 4) is 0 Å². The van der Waals surface area contributed by atoms with E-state index in [1.807, 2.05) is 0 Å². The van der Waals surface area contributed by atoms with Gasteiger partial charge < -0.3 is 5.11 Å². The Labute approximate surface area is 84.7 Å². The van der Waals surface area contributed by atoms with Crippen LogP contribution in [0.2, 0.25) is 0 Å². The number of hydrogen-bond donors (Lipinski definition) is 1. The molecule has 1 aliphatic carbocycles. The first-order valence-corrected chi connectivity index (χ1v) is 5.35. The lowest BCUT2D eigenvalue weighted by atomic mass is 10.5. The van der Waals surface area contributed by atoms with Gasteiger partial charge >= 0.3 is 5.97 Å². The molecular weight excluding hydrogens is 204 g/mol. The van der Waals surface area contributed by atoms with Gasteiger partial charge in [-0.05, 0) is 29.2 Å². The normalized spacial score (nSPS) is 15.7. The first-order valence-electron chi connectivity index (χ1n) is 4.36. The maximum atomic E-state index is 10.4. The van der Waals surface area contributed by atoms with Crippen LogP contribution in [0.1, 0.15) is 12.8 Å². The Morgan fingerprint density at radius 1 is 1.64 bits per heavy atom. The number of carboxylic acids is 1. The van der Waals surface area contributed by atoms with E-state index < -0.39 is 5.97 Å². The van der Waals surface area contributed by atoms with E-state index in [-0.39, 0.29) is 6.54 Å². The molecule has 0 amide bonds. The molecule has 1 heterocycles. The van der Waals surface area contributed by atoms with E-state index in [0.717, 1.165) is 11.7 Å². The molecule has 1 saturated carbocycles. The van der Waals surface area contributed by atoms with Crippen molar-refractivity contribution in [2.45, 2.75) is 24.5 Å². The van der Waals surface area contributed by atoms with Crippen LogP contribution in [0.25, 0.3) is 0 Å². The molecule has 76 valence electrons. The van der Waals surface area contributed by atoms with E-state index in [1.54, 1.807) is 0 Å². The quantitative estimate of drug-likeness (QED) is 0.708. The minimum absolute atomic E-state index is 0.167. The number of aliphatic carboxylic acids is 1. The van der Waals surface area contributed by atoms with E-state index in [9.17, 15) is 4.79 Å². The molecule has 6 nitrogen and oxygen atoms in total. The molecule has 14 heavy (non-hydrogen) atoms. The van der Waals surface area contributed by atoms with Gasteiger partial charge in [0.15, 0.2) is 0 Å². The molecule has 1 aromatic heterocycles. The number of carboxylic acid groups (broad SMARTS) is 1. The van der Waals surface area contributed by atoms with Gasteiger partial charge in [0, 0.05) is 5.75 Å². The van der Waals surface area contributed by atoms with Crippen LogP contribution >= 0.6 is 11.8 Å². The number of nitrogens with zero attached hydrogens (tertiary/aromatic N) is 4. The summed E-state index contributed by atoms with van der Waals surface area (Å²) in [6.45, 7) is -0.167. The van der Waals surface area contributed by atoms with Crippen molar-refractivity contribution in [2.24, 2.45) is 5.92 Å². The SMILES string of the molecule is O=C(O)Cn1nnnc1SCC1CC1. The molecule has 2 rings (SSSR count). The van der Waals surface area contributed by atoms with E-state index in [4.69, 9.17) is 5.11 Å². The minimum Gasteiger partial charge on any atom is -0.480 e. The number of rotatable bonds is 5. The molecule has 1 N–H and O–H groups in total. The summed E-state index contributed by atoms with van der Waals surface area (Å²) >= 11 is 1.53. The first kappa shape index (κ1) is 9.45. The summed E-state index contributed by atoms with van der Waals surface area (Å²) in [4.78, 5) is 10.4. The van der Waals surface area contributed by atoms with E-state index >= 15 is 0 Å². The summed E-state index contributed by atoms with van der Waals surface area (Å²) in [7, 11) is 0. The lowest BCUT2D eigenvalue weighted by Gasteiger charge is -1.99. The van der Waals surface area contributed by atoms with Gasteiger partial charge in [-0.15, -0.1) is 5.10 Å². The van der Waals surface area contributed by atoms with Gasteiger partial charge in [0.05, 0.1) is 0 Å². The zero-order valence-electron chi connectivity index (χ0n) is 7.46. The lowest BCUT2D eigenvalue weighted by Crippen LogP contribution is -2.11. The Kier molecular flexibility index (Phi) is 2.67. The smallest absolute Gasteiger partial charge is 0.325 e. The van der Waals surface area contributed by atoms with Crippen LogP contribution in [0.3, 0.4) is 0 Å². The monoisotopic (exact) mass is 214 g/mol. The number of hydrogen-bond acceptors (Lipinski definition) is 5. The Morgan fingerprint density at radius 2 is 2.43 bits per heavy atom. The van der Waals surface area contributed by atoms with Crippen LogP contribution in [0, 0.1) is 5.92 Å². The van der Waals surface area contributed by atoms with E-state index in [1.165, 1.54) is 29.3 Å². The Hall–Kier alpha value is -1.11. The highest BCUT2D eigenvalue weighted by atomic mass is 32.2. The molecule has 7 heteroatoms. The highest BCUT2D eigenvalue weighted by Gasteiger charge is 2.22. The zero-order valence-corrected chi connectivity index (χ0v) is 8.27. The van der Waals surface area contributed by atoms with Crippen molar-refractivity contribution in [2.75, 3.05) is 5.75 Å². The Bertz CT molecular complexity index is 336. The van der Waals surface area contributed by atoms with Gasteiger partial charge in [0.2, 0.25) is 5.16 Å². The predicted molar refractivity (Wildman–Crippen MR) is 48.9 cm³/mol. The molecule has 1 fully saturated rings. The van der Waals surface area contributed by atoms with Crippen molar-refractivity contribution in [3.63, 3.8) is 0 Å². The van der Waals surface area contributed by atoms with Crippen LogP contribution in [-0.4, -0.2) is 37.0 Å². The largest absolute Gasteiger partial charge is 0.480 e. The van der Waals surface area contributed by atoms with Crippen LogP contribution in [0.5, 0.6) is 0 Å². The molecule has 1 aromatic rings. The van der Waals surface area contributed by atoms with Crippen LogP contribution in [-0.2, 0) is 11.3 Å². The summed E-state index contributed by atoms with van der Waals surface area (Å²) in [6.07, 6.45) is 2.54. The average Bonchev–Trinajstić information content (AvgIpc) is 2.85. The Morgan fingerprint density at radius 3 is 3.07 bits per heavy atom. The van der Waals surface area contributed by atoms with Gasteiger partial charge in [-0.3, -0.25) is 4.79 Å². The predicted octanol–water partition coefficient (Wildman–Crippen LogP) is 0.260. The van der Waals surface area contributed by atoms with Crippen LogP contribution in [0.4, 0.5) is 0 Å². The summed E-state index contributed by atoms with van der Waals surface area (Å²) in [5, 5.41) is 20.0. The maximum absolute atomic E-state index is 10.4.